The lowest BCUT2D eigenvalue weighted by molar-refractivity contribution is -0.155. The van der Waals surface area contributed by atoms with Gasteiger partial charge in [-0.25, -0.2) is 4.39 Å². The van der Waals surface area contributed by atoms with Crippen LogP contribution in [0.4, 0.5) is 10.1 Å². The number of halogens is 1. The Bertz CT molecular complexity index is 866. The van der Waals surface area contributed by atoms with Gasteiger partial charge in [0.05, 0.1) is 5.69 Å². The average molecular weight is 356 g/mol. The van der Waals surface area contributed by atoms with Gasteiger partial charge in [0.1, 0.15) is 11.6 Å². The summed E-state index contributed by atoms with van der Waals surface area (Å²) in [5.74, 6) is -0.728. The number of nitrogens with zero attached hydrogens (tertiary/aromatic N) is 2. The van der Waals surface area contributed by atoms with Gasteiger partial charge < -0.3 is 14.5 Å². The first kappa shape index (κ1) is 17.9. The second kappa shape index (κ2) is 6.44. The molecule has 1 heterocycles. The van der Waals surface area contributed by atoms with E-state index in [4.69, 9.17) is 4.74 Å². The van der Waals surface area contributed by atoms with E-state index < -0.39 is 17.4 Å². The number of benzene rings is 2. The van der Waals surface area contributed by atoms with E-state index in [1.54, 1.807) is 32.3 Å². The lowest BCUT2D eigenvalue weighted by Gasteiger charge is -2.39. The van der Waals surface area contributed by atoms with Gasteiger partial charge >= 0.3 is 0 Å². The molecule has 1 aliphatic rings. The van der Waals surface area contributed by atoms with Crippen molar-refractivity contribution >= 4 is 17.5 Å². The number of rotatable bonds is 3. The highest BCUT2D eigenvalue weighted by Gasteiger charge is 2.50. The summed E-state index contributed by atoms with van der Waals surface area (Å²) in [5.41, 5.74) is 0.751. The number of likely N-dealkylation sites (N-methyl/N-ethyl adjacent to an activating group) is 2. The van der Waals surface area contributed by atoms with Gasteiger partial charge in [0.2, 0.25) is 0 Å². The molecule has 3 rings (SSSR count). The fourth-order valence-corrected chi connectivity index (χ4v) is 3.10. The van der Waals surface area contributed by atoms with Crippen LogP contribution in [0.25, 0.3) is 0 Å². The molecular weight excluding hydrogens is 335 g/mol. The summed E-state index contributed by atoms with van der Waals surface area (Å²) in [5, 5.41) is 0. The molecule has 0 spiro atoms. The molecule has 26 heavy (non-hydrogen) atoms. The summed E-state index contributed by atoms with van der Waals surface area (Å²) >= 11 is 0. The highest BCUT2D eigenvalue weighted by Crippen LogP contribution is 2.38. The van der Waals surface area contributed by atoms with Crippen LogP contribution >= 0.6 is 0 Å². The van der Waals surface area contributed by atoms with E-state index in [1.807, 2.05) is 19.1 Å². The number of hydrogen-bond acceptors (Lipinski definition) is 3. The van der Waals surface area contributed by atoms with Crippen LogP contribution in [-0.2, 0) is 16.1 Å². The van der Waals surface area contributed by atoms with E-state index in [0.717, 1.165) is 11.1 Å². The van der Waals surface area contributed by atoms with Crippen molar-refractivity contribution in [2.75, 3.05) is 19.0 Å². The maximum atomic E-state index is 13.0. The molecule has 0 N–H and O–H groups in total. The molecular formula is C20H21FN2O3. The quantitative estimate of drug-likeness (QED) is 0.795. The van der Waals surface area contributed by atoms with Gasteiger partial charge in [0.25, 0.3) is 17.4 Å². The number of fused-ring (bicyclic) bond motifs is 1. The van der Waals surface area contributed by atoms with Crippen molar-refractivity contribution in [2.24, 2.45) is 0 Å². The zero-order chi connectivity index (χ0) is 19.1. The Labute approximate surface area is 152 Å². The van der Waals surface area contributed by atoms with Gasteiger partial charge in [-0.2, -0.15) is 0 Å². The lowest BCUT2D eigenvalue weighted by Crippen LogP contribution is -2.61. The number of ether oxygens (including phenoxy) is 1. The Morgan fingerprint density at radius 3 is 2.54 bits per heavy atom. The van der Waals surface area contributed by atoms with Crippen LogP contribution in [0.15, 0.2) is 42.5 Å². The van der Waals surface area contributed by atoms with Crippen molar-refractivity contribution in [2.45, 2.75) is 26.0 Å². The fourth-order valence-electron chi connectivity index (χ4n) is 3.10. The second-order valence-corrected chi connectivity index (χ2v) is 6.76. The minimum atomic E-state index is -1.65. The number of anilines is 1. The summed E-state index contributed by atoms with van der Waals surface area (Å²) in [6.07, 6.45) is 0. The highest BCUT2D eigenvalue weighted by atomic mass is 19.1. The Morgan fingerprint density at radius 2 is 1.88 bits per heavy atom. The molecule has 6 heteroatoms. The number of carbonyl (C=O) groups excluding carboxylic acids is 2. The molecule has 0 aromatic heterocycles. The molecule has 1 atom stereocenters. The standard InChI is InChI=1S/C20H21FN2O3/c1-13-5-10-17-16(11-13)23(4)19(25)20(2,26-17)18(24)22(3)12-14-6-8-15(21)9-7-14/h5-11H,12H2,1-4H3. The first-order chi connectivity index (χ1) is 12.2. The number of hydrogen-bond donors (Lipinski definition) is 0. The van der Waals surface area contributed by atoms with Crippen molar-refractivity contribution < 1.29 is 18.7 Å². The van der Waals surface area contributed by atoms with Gasteiger partial charge in [0, 0.05) is 20.6 Å². The fraction of sp³-hybridized carbons (Fsp3) is 0.300. The monoisotopic (exact) mass is 356 g/mol. The summed E-state index contributed by atoms with van der Waals surface area (Å²) in [6.45, 7) is 3.65. The van der Waals surface area contributed by atoms with Crippen LogP contribution in [0.5, 0.6) is 5.75 Å². The van der Waals surface area contributed by atoms with E-state index in [0.29, 0.717) is 11.4 Å². The predicted octanol–water partition coefficient (Wildman–Crippen LogP) is 2.91. The van der Waals surface area contributed by atoms with E-state index >= 15 is 0 Å². The van der Waals surface area contributed by atoms with Gasteiger partial charge in [-0.1, -0.05) is 18.2 Å². The van der Waals surface area contributed by atoms with Crippen molar-refractivity contribution in [3.8, 4) is 5.75 Å². The third kappa shape index (κ3) is 3.03. The van der Waals surface area contributed by atoms with E-state index in [1.165, 1.54) is 28.9 Å². The minimum Gasteiger partial charge on any atom is -0.465 e. The Kier molecular flexibility index (Phi) is 4.44. The van der Waals surface area contributed by atoms with Crippen molar-refractivity contribution in [1.29, 1.82) is 0 Å². The molecule has 5 nitrogen and oxygen atoms in total. The molecule has 0 fully saturated rings. The summed E-state index contributed by atoms with van der Waals surface area (Å²) in [7, 11) is 3.23. The molecule has 2 aromatic carbocycles. The largest absolute Gasteiger partial charge is 0.465 e. The molecule has 0 bridgehead atoms. The molecule has 1 unspecified atom stereocenters. The van der Waals surface area contributed by atoms with E-state index in [2.05, 4.69) is 0 Å². The molecule has 0 saturated carbocycles. The zero-order valence-electron chi connectivity index (χ0n) is 15.2. The van der Waals surface area contributed by atoms with Crippen LogP contribution in [0.1, 0.15) is 18.1 Å². The number of amides is 2. The van der Waals surface area contributed by atoms with Gasteiger partial charge in [0.15, 0.2) is 0 Å². The van der Waals surface area contributed by atoms with Crippen molar-refractivity contribution in [3.63, 3.8) is 0 Å². The molecule has 2 aromatic rings. The van der Waals surface area contributed by atoms with E-state index in [9.17, 15) is 14.0 Å². The predicted molar refractivity (Wildman–Crippen MR) is 96.5 cm³/mol. The zero-order valence-corrected chi connectivity index (χ0v) is 15.2. The molecule has 2 amide bonds. The van der Waals surface area contributed by atoms with E-state index in [-0.39, 0.29) is 12.4 Å². The minimum absolute atomic E-state index is 0.246. The second-order valence-electron chi connectivity index (χ2n) is 6.76. The van der Waals surface area contributed by atoms with Gasteiger partial charge in [-0.05, 0) is 49.2 Å². The average Bonchev–Trinajstić information content (AvgIpc) is 2.62. The number of carbonyl (C=O) groups is 2. The number of aryl methyl sites for hydroxylation is 1. The van der Waals surface area contributed by atoms with Crippen LogP contribution in [0.2, 0.25) is 0 Å². The maximum absolute atomic E-state index is 13.0. The lowest BCUT2D eigenvalue weighted by atomic mass is 9.99. The van der Waals surface area contributed by atoms with Crippen molar-refractivity contribution in [3.05, 3.63) is 59.4 Å². The molecule has 136 valence electrons. The van der Waals surface area contributed by atoms with Crippen molar-refractivity contribution in [1.82, 2.24) is 4.90 Å². The molecule has 1 aliphatic heterocycles. The first-order valence-electron chi connectivity index (χ1n) is 8.30. The van der Waals surface area contributed by atoms with Crippen LogP contribution in [-0.4, -0.2) is 36.4 Å². The molecule has 0 radical (unpaired) electrons. The van der Waals surface area contributed by atoms with Gasteiger partial charge in [-0.3, -0.25) is 9.59 Å². The summed E-state index contributed by atoms with van der Waals surface area (Å²) < 4.78 is 18.9. The van der Waals surface area contributed by atoms with Gasteiger partial charge in [-0.15, -0.1) is 0 Å². The van der Waals surface area contributed by atoms with Crippen LogP contribution in [0, 0.1) is 12.7 Å². The molecule has 0 saturated heterocycles. The first-order valence-corrected chi connectivity index (χ1v) is 8.30. The third-order valence-electron chi connectivity index (χ3n) is 4.59. The topological polar surface area (TPSA) is 49.9 Å². The third-order valence-corrected chi connectivity index (χ3v) is 4.59. The maximum Gasteiger partial charge on any atom is 0.280 e. The smallest absolute Gasteiger partial charge is 0.280 e. The normalized spacial score (nSPS) is 19.0. The summed E-state index contributed by atoms with van der Waals surface area (Å²) in [6, 6.07) is 11.4. The SMILES string of the molecule is Cc1ccc2c(c1)N(C)C(=O)C(C)(C(=O)N(C)Cc1ccc(F)cc1)O2. The Balaban J connectivity index is 1.86. The Hall–Kier alpha value is -2.89. The summed E-state index contributed by atoms with van der Waals surface area (Å²) in [4.78, 5) is 28.7. The Morgan fingerprint density at radius 1 is 1.23 bits per heavy atom. The van der Waals surface area contributed by atoms with Crippen LogP contribution < -0.4 is 9.64 Å². The highest BCUT2D eigenvalue weighted by molar-refractivity contribution is 6.16. The van der Waals surface area contributed by atoms with Crippen LogP contribution in [0.3, 0.4) is 0 Å². The molecule has 0 aliphatic carbocycles.